The second-order valence-electron chi connectivity index (χ2n) is 5.93. The van der Waals surface area contributed by atoms with E-state index >= 15 is 0 Å². The van der Waals surface area contributed by atoms with Gasteiger partial charge < -0.3 is 70.6 Å². The molecule has 194 valence electrons. The predicted molar refractivity (Wildman–Crippen MR) is 98.5 cm³/mol. The van der Waals surface area contributed by atoms with Crippen molar-refractivity contribution in [3.05, 3.63) is 12.0 Å². The Morgan fingerprint density at radius 3 is 1.38 bits per heavy atom. The summed E-state index contributed by atoms with van der Waals surface area (Å²) in [5, 5.41) is 89.1. The number of aliphatic hydroxyl groups excluding tert-OH is 10. The fourth-order valence-corrected chi connectivity index (χ4v) is 2.26. The van der Waals surface area contributed by atoms with E-state index in [9.17, 15) is 14.2 Å². The van der Waals surface area contributed by atoms with Gasteiger partial charge in [-0.05, 0) is 0 Å². The second kappa shape index (κ2) is 15.2. The first-order valence-electron chi connectivity index (χ1n) is 8.18. The van der Waals surface area contributed by atoms with Crippen LogP contribution in [0.3, 0.4) is 0 Å². The first kappa shape index (κ1) is 33.4. The highest BCUT2D eigenvalue weighted by Gasteiger charge is 2.32. The number of aliphatic hydroxyl groups is 10. The summed E-state index contributed by atoms with van der Waals surface area (Å²) in [5.74, 6) is -1.01. The molecule has 0 amide bonds. The van der Waals surface area contributed by atoms with Crippen molar-refractivity contribution in [3.8, 4) is 0 Å². The van der Waals surface area contributed by atoms with Gasteiger partial charge in [0.1, 0.15) is 49.0 Å². The summed E-state index contributed by atoms with van der Waals surface area (Å²) < 4.78 is 28.2. The number of rotatable bonds is 13. The highest BCUT2D eigenvalue weighted by molar-refractivity contribution is 7.46. The summed E-state index contributed by atoms with van der Waals surface area (Å²) in [7, 11) is -9.58. The molecule has 0 unspecified atom stereocenters. The highest BCUT2D eigenvalue weighted by Crippen LogP contribution is 2.36. The van der Waals surface area contributed by atoms with Crippen LogP contribution in [0.25, 0.3) is 0 Å². The maximum Gasteiger partial charge on any atom is 0.469 e. The molecule has 14 N–H and O–H groups in total. The molecular weight excluding hydrogens is 494 g/mol. The van der Waals surface area contributed by atoms with Gasteiger partial charge in [-0.25, -0.2) is 9.13 Å². The van der Waals surface area contributed by atoms with Gasteiger partial charge in [0, 0.05) is 0 Å². The predicted octanol–water partition coefficient (Wildman–Crippen LogP) is -5.33. The Labute approximate surface area is 180 Å². The molecule has 0 aliphatic heterocycles. The normalized spacial score (nSPS) is 19.7. The molecule has 7 atom stereocenters. The van der Waals surface area contributed by atoms with E-state index in [1.807, 2.05) is 0 Å². The number of hydrogen-bond acceptors (Lipinski definition) is 14. The first-order chi connectivity index (χ1) is 14.4. The van der Waals surface area contributed by atoms with Crippen molar-refractivity contribution >= 4 is 15.6 Å². The summed E-state index contributed by atoms with van der Waals surface area (Å²) in [6, 6.07) is 0. The molecule has 0 spiro atoms. The average Bonchev–Trinajstić information content (AvgIpc) is 2.71. The van der Waals surface area contributed by atoms with Crippen LogP contribution in [0.1, 0.15) is 0 Å². The van der Waals surface area contributed by atoms with E-state index in [0.29, 0.717) is 0 Å². The highest BCUT2D eigenvalue weighted by atomic mass is 31.2. The molecule has 0 aromatic heterocycles. The molecule has 0 saturated heterocycles. The first-order valence-corrected chi connectivity index (χ1v) is 11.2. The van der Waals surface area contributed by atoms with Crippen LogP contribution < -0.4 is 0 Å². The van der Waals surface area contributed by atoms with Gasteiger partial charge in [0.05, 0.1) is 19.8 Å². The molecule has 20 heteroatoms. The zero-order valence-corrected chi connectivity index (χ0v) is 17.8. The fourth-order valence-electron chi connectivity index (χ4n) is 1.57. The van der Waals surface area contributed by atoms with Crippen LogP contribution in [-0.2, 0) is 18.2 Å². The van der Waals surface area contributed by atoms with Gasteiger partial charge in [-0.1, -0.05) is 0 Å². The molecule has 32 heavy (non-hydrogen) atoms. The Bertz CT molecular complexity index is 631. The minimum Gasteiger partial charge on any atom is -0.512 e. The van der Waals surface area contributed by atoms with E-state index in [4.69, 9.17) is 65.5 Å². The zero-order valence-electron chi connectivity index (χ0n) is 16.0. The molecule has 0 fully saturated rings. The van der Waals surface area contributed by atoms with Crippen LogP contribution in [0, 0.1) is 0 Å². The minimum absolute atomic E-state index is 0.102. The molecule has 0 aromatic carbocycles. The van der Waals surface area contributed by atoms with Gasteiger partial charge in [-0.2, -0.15) is 0 Å². The summed E-state index contributed by atoms with van der Waals surface area (Å²) in [4.78, 5) is 33.1. The van der Waals surface area contributed by atoms with Crippen LogP contribution in [0.15, 0.2) is 12.0 Å². The number of hydrogen-bond donors (Lipinski definition) is 14. The SMILES string of the molecule is O=P(O)(O)OC[C@@H](O)[C@@H](O)[C@H](O)/C(O)=C/O.O=P(O)(O)OC[C@@H](O)[C@@H](O)[C@H](O)[C@@H](O)CO. The maximum absolute atomic E-state index is 10.2. The molecule has 0 aliphatic carbocycles. The van der Waals surface area contributed by atoms with Crippen molar-refractivity contribution in [1.29, 1.82) is 0 Å². The number of phosphoric ester groups is 2. The molecule has 0 heterocycles. The molecule has 18 nitrogen and oxygen atoms in total. The third kappa shape index (κ3) is 15.1. The Balaban J connectivity index is 0. The van der Waals surface area contributed by atoms with Crippen molar-refractivity contribution in [2.45, 2.75) is 42.7 Å². The van der Waals surface area contributed by atoms with E-state index in [1.54, 1.807) is 0 Å². The Hall–Kier alpha value is -0.760. The molecule has 0 rings (SSSR count). The molecule has 0 saturated carbocycles. The average molecular weight is 522 g/mol. The fraction of sp³-hybridized carbons (Fsp3) is 0.833. The quantitative estimate of drug-likeness (QED) is 0.0792. The van der Waals surface area contributed by atoms with E-state index in [1.165, 1.54) is 0 Å². The lowest BCUT2D eigenvalue weighted by atomic mass is 10.0. The van der Waals surface area contributed by atoms with Gasteiger partial charge in [0.2, 0.25) is 0 Å². The third-order valence-corrected chi connectivity index (χ3v) is 4.28. The lowest BCUT2D eigenvalue weighted by molar-refractivity contribution is -0.122. The Morgan fingerprint density at radius 2 is 1.06 bits per heavy atom. The van der Waals surface area contributed by atoms with Crippen LogP contribution in [-0.4, -0.2) is 133 Å². The van der Waals surface area contributed by atoms with Crippen LogP contribution in [0.5, 0.6) is 0 Å². The van der Waals surface area contributed by atoms with Crippen molar-refractivity contribution < 1.29 is 88.8 Å². The monoisotopic (exact) mass is 522 g/mol. The van der Waals surface area contributed by atoms with Gasteiger partial charge in [0.15, 0.2) is 5.76 Å². The summed E-state index contributed by atoms with van der Waals surface area (Å²) in [5.41, 5.74) is 0. The van der Waals surface area contributed by atoms with E-state index in [2.05, 4.69) is 9.05 Å². The molecule has 0 bridgehead atoms. The summed E-state index contributed by atoms with van der Waals surface area (Å²) >= 11 is 0. The van der Waals surface area contributed by atoms with Gasteiger partial charge in [-0.15, -0.1) is 0 Å². The van der Waals surface area contributed by atoms with Crippen molar-refractivity contribution in [2.24, 2.45) is 0 Å². The molecule has 0 radical (unpaired) electrons. The largest absolute Gasteiger partial charge is 0.512 e. The second-order valence-corrected chi connectivity index (χ2v) is 8.41. The summed E-state index contributed by atoms with van der Waals surface area (Å²) in [6.45, 7) is -2.73. The smallest absolute Gasteiger partial charge is 0.469 e. The van der Waals surface area contributed by atoms with E-state index in [0.717, 1.165) is 0 Å². The van der Waals surface area contributed by atoms with Crippen molar-refractivity contribution in [3.63, 3.8) is 0 Å². The van der Waals surface area contributed by atoms with Gasteiger partial charge in [0.25, 0.3) is 0 Å². The topological polar surface area (TPSA) is 336 Å². The molecule has 0 aromatic rings. The van der Waals surface area contributed by atoms with Crippen molar-refractivity contribution in [2.75, 3.05) is 19.8 Å². The molecular formula is C12H28O18P2. The minimum atomic E-state index is -4.80. The van der Waals surface area contributed by atoms with Crippen LogP contribution in [0.4, 0.5) is 0 Å². The summed E-state index contributed by atoms with van der Waals surface area (Å²) in [6.07, 6.45) is -13.0. The standard InChI is InChI=1S/C6H15O9P.C6H13O9P/c2*7-1-3(8)5(10)6(11)4(9)2-15-16(12,13)14/h3-11H,1-2H2,(H2,12,13,14);1,4-11H,2H2,(H2,12,13,14)/b;3-1-/t3-,4+,5+,6+;4-,5-,6-/m01/s1. The van der Waals surface area contributed by atoms with Crippen molar-refractivity contribution in [1.82, 2.24) is 0 Å². The zero-order chi connectivity index (χ0) is 25.9. The van der Waals surface area contributed by atoms with Crippen LogP contribution in [0.2, 0.25) is 0 Å². The van der Waals surface area contributed by atoms with Gasteiger partial charge in [-0.3, -0.25) is 9.05 Å². The lowest BCUT2D eigenvalue weighted by Crippen LogP contribution is -2.47. The number of phosphoric acid groups is 2. The third-order valence-electron chi connectivity index (χ3n) is 3.31. The Kier molecular flexibility index (Phi) is 15.9. The van der Waals surface area contributed by atoms with Crippen LogP contribution >= 0.6 is 15.6 Å². The van der Waals surface area contributed by atoms with Gasteiger partial charge >= 0.3 is 15.6 Å². The van der Waals surface area contributed by atoms with E-state index < -0.39 is 84.0 Å². The Morgan fingerprint density at radius 1 is 0.719 bits per heavy atom. The lowest BCUT2D eigenvalue weighted by Gasteiger charge is -2.25. The molecule has 0 aliphatic rings. The maximum atomic E-state index is 10.2. The van der Waals surface area contributed by atoms with E-state index in [-0.39, 0.29) is 6.26 Å².